The van der Waals surface area contributed by atoms with E-state index in [1.165, 1.54) is 47.3 Å². The van der Waals surface area contributed by atoms with E-state index in [0.717, 1.165) is 24.2 Å². The lowest BCUT2D eigenvalue weighted by atomic mass is 10.0. The van der Waals surface area contributed by atoms with Crippen LogP contribution in [0.15, 0.2) is 67.0 Å². The third-order valence-electron chi connectivity index (χ3n) is 5.20. The summed E-state index contributed by atoms with van der Waals surface area (Å²) in [6, 6.07) is 17.4. The van der Waals surface area contributed by atoms with Crippen LogP contribution in [0.3, 0.4) is 0 Å². The molecule has 2 aromatic carbocycles. The van der Waals surface area contributed by atoms with E-state index >= 15 is 0 Å². The van der Waals surface area contributed by atoms with E-state index in [0.29, 0.717) is 0 Å². The highest BCUT2D eigenvalue weighted by atomic mass is 19.1. The van der Waals surface area contributed by atoms with Crippen molar-refractivity contribution in [3.63, 3.8) is 0 Å². The minimum Gasteiger partial charge on any atom is -0.325 e. The second kappa shape index (κ2) is 5.62. The highest BCUT2D eigenvalue weighted by Crippen LogP contribution is 2.36. The summed E-state index contributed by atoms with van der Waals surface area (Å²) in [7, 11) is 0. The molecule has 0 amide bonds. The second-order valence-electron chi connectivity index (χ2n) is 6.75. The summed E-state index contributed by atoms with van der Waals surface area (Å²) >= 11 is 0. The molecule has 25 heavy (non-hydrogen) atoms. The van der Waals surface area contributed by atoms with Crippen molar-refractivity contribution in [2.24, 2.45) is 0 Å². The zero-order valence-corrected chi connectivity index (χ0v) is 14.0. The summed E-state index contributed by atoms with van der Waals surface area (Å²) in [4.78, 5) is 0. The van der Waals surface area contributed by atoms with E-state index in [1.807, 2.05) is 12.1 Å². The molecular formula is C22H19FN2. The minimum absolute atomic E-state index is 0.190. The molecule has 4 aromatic rings. The molecule has 0 spiro atoms. The van der Waals surface area contributed by atoms with Gasteiger partial charge in [-0.3, -0.25) is 0 Å². The van der Waals surface area contributed by atoms with Gasteiger partial charge >= 0.3 is 0 Å². The second-order valence-corrected chi connectivity index (χ2v) is 6.75. The fraction of sp³-hybridized carbons (Fsp3) is 0.182. The van der Waals surface area contributed by atoms with E-state index in [-0.39, 0.29) is 5.82 Å². The van der Waals surface area contributed by atoms with Crippen LogP contribution in [0.2, 0.25) is 0 Å². The number of benzene rings is 2. The Hall–Kier alpha value is -2.81. The third kappa shape index (κ3) is 2.30. The van der Waals surface area contributed by atoms with Crippen LogP contribution >= 0.6 is 0 Å². The first-order chi connectivity index (χ1) is 12.3. The van der Waals surface area contributed by atoms with Crippen molar-refractivity contribution >= 4 is 5.65 Å². The van der Waals surface area contributed by atoms with Gasteiger partial charge in [0.15, 0.2) is 0 Å². The van der Waals surface area contributed by atoms with Gasteiger partial charge < -0.3 is 8.97 Å². The number of rotatable bonds is 2. The quantitative estimate of drug-likeness (QED) is 0.456. The van der Waals surface area contributed by atoms with Gasteiger partial charge in [0.2, 0.25) is 0 Å². The van der Waals surface area contributed by atoms with Crippen LogP contribution in [0.4, 0.5) is 4.39 Å². The minimum atomic E-state index is -0.190. The zero-order chi connectivity index (χ0) is 16.8. The van der Waals surface area contributed by atoms with Crippen LogP contribution in [0.5, 0.6) is 0 Å². The fourth-order valence-corrected chi connectivity index (χ4v) is 4.03. The normalized spacial score (nSPS) is 14.0. The van der Waals surface area contributed by atoms with Crippen molar-refractivity contribution in [3.8, 4) is 22.4 Å². The Labute approximate surface area is 146 Å². The largest absolute Gasteiger partial charge is 0.325 e. The van der Waals surface area contributed by atoms with Crippen LogP contribution in [-0.2, 0) is 13.0 Å². The van der Waals surface area contributed by atoms with Gasteiger partial charge in [0.25, 0.3) is 0 Å². The van der Waals surface area contributed by atoms with Gasteiger partial charge in [0.05, 0.1) is 5.69 Å². The molecule has 1 aliphatic rings. The molecule has 0 saturated heterocycles. The number of hydrogen-bond acceptors (Lipinski definition) is 0. The number of aryl methyl sites for hydroxylation is 2. The van der Waals surface area contributed by atoms with Crippen molar-refractivity contribution in [1.82, 2.24) is 8.97 Å². The van der Waals surface area contributed by atoms with Gasteiger partial charge in [-0.1, -0.05) is 30.3 Å². The third-order valence-corrected chi connectivity index (χ3v) is 5.20. The molecule has 5 rings (SSSR count). The number of hydrogen-bond donors (Lipinski definition) is 0. The van der Waals surface area contributed by atoms with Gasteiger partial charge in [-0.2, -0.15) is 0 Å². The Morgan fingerprint density at radius 1 is 0.800 bits per heavy atom. The Bertz CT molecular complexity index is 1040. The molecule has 1 aliphatic heterocycles. The summed E-state index contributed by atoms with van der Waals surface area (Å²) in [5, 5.41) is 0. The van der Waals surface area contributed by atoms with Crippen LogP contribution < -0.4 is 0 Å². The van der Waals surface area contributed by atoms with E-state index in [1.54, 1.807) is 0 Å². The van der Waals surface area contributed by atoms with Crippen molar-refractivity contribution in [3.05, 3.63) is 78.4 Å². The molecule has 3 heteroatoms. The van der Waals surface area contributed by atoms with Gasteiger partial charge in [-0.05, 0) is 54.7 Å². The lowest BCUT2D eigenvalue weighted by molar-refractivity contribution is 0.627. The van der Waals surface area contributed by atoms with Crippen LogP contribution in [-0.4, -0.2) is 8.97 Å². The summed E-state index contributed by atoms with van der Waals surface area (Å²) in [6.45, 7) is 1.01. The molecule has 2 nitrogen and oxygen atoms in total. The maximum Gasteiger partial charge on any atom is 0.123 e. The SMILES string of the molecule is Fc1ccc(-c2cn3cc(-c4ccccc4)c4c3n2CCCC4)cc1. The Morgan fingerprint density at radius 3 is 2.40 bits per heavy atom. The van der Waals surface area contributed by atoms with E-state index in [4.69, 9.17) is 0 Å². The number of imidazole rings is 1. The van der Waals surface area contributed by atoms with Crippen molar-refractivity contribution in [2.75, 3.05) is 0 Å². The predicted octanol–water partition coefficient (Wildman–Crippen LogP) is 5.55. The number of nitrogens with zero attached hydrogens (tertiary/aromatic N) is 2. The summed E-state index contributed by atoms with van der Waals surface area (Å²) < 4.78 is 18.0. The lowest BCUT2D eigenvalue weighted by Gasteiger charge is -2.08. The molecule has 2 aromatic heterocycles. The van der Waals surface area contributed by atoms with Gasteiger partial charge in [-0.15, -0.1) is 0 Å². The van der Waals surface area contributed by atoms with Gasteiger partial charge in [-0.25, -0.2) is 4.39 Å². The Morgan fingerprint density at radius 2 is 1.60 bits per heavy atom. The molecule has 124 valence electrons. The standard InChI is InChI=1S/C22H19FN2/c23-18-11-9-17(10-12-18)21-15-24-14-20(16-6-2-1-3-7-16)19-8-4-5-13-25(21)22(19)24/h1-3,6-7,9-12,14-15H,4-5,8,13H2. The lowest BCUT2D eigenvalue weighted by Crippen LogP contribution is -1.99. The summed E-state index contributed by atoms with van der Waals surface area (Å²) in [6.07, 6.45) is 7.90. The van der Waals surface area contributed by atoms with Crippen LogP contribution in [0.25, 0.3) is 28.0 Å². The first kappa shape index (κ1) is 14.5. The highest BCUT2D eigenvalue weighted by molar-refractivity contribution is 5.78. The monoisotopic (exact) mass is 330 g/mol. The van der Waals surface area contributed by atoms with E-state index < -0.39 is 0 Å². The van der Waals surface area contributed by atoms with Crippen molar-refractivity contribution in [1.29, 1.82) is 0 Å². The summed E-state index contributed by atoms with van der Waals surface area (Å²) in [5.41, 5.74) is 7.56. The maximum atomic E-state index is 13.3. The summed E-state index contributed by atoms with van der Waals surface area (Å²) in [5.74, 6) is -0.190. The highest BCUT2D eigenvalue weighted by Gasteiger charge is 2.21. The molecule has 0 unspecified atom stereocenters. The van der Waals surface area contributed by atoms with Crippen LogP contribution in [0.1, 0.15) is 18.4 Å². The Balaban J connectivity index is 1.74. The van der Waals surface area contributed by atoms with Gasteiger partial charge in [0.1, 0.15) is 11.5 Å². The molecule has 0 fully saturated rings. The zero-order valence-electron chi connectivity index (χ0n) is 14.0. The Kier molecular flexibility index (Phi) is 3.27. The molecule has 3 heterocycles. The van der Waals surface area contributed by atoms with Gasteiger partial charge in [0, 0.05) is 30.1 Å². The number of halogens is 1. The average molecular weight is 330 g/mol. The first-order valence-corrected chi connectivity index (χ1v) is 8.86. The first-order valence-electron chi connectivity index (χ1n) is 8.86. The molecule has 0 atom stereocenters. The fourth-order valence-electron chi connectivity index (χ4n) is 4.03. The molecule has 0 radical (unpaired) electrons. The topological polar surface area (TPSA) is 9.34 Å². The van der Waals surface area contributed by atoms with Crippen molar-refractivity contribution < 1.29 is 4.39 Å². The molecule has 0 aliphatic carbocycles. The van der Waals surface area contributed by atoms with Crippen LogP contribution in [0, 0.1) is 5.82 Å². The molecular weight excluding hydrogens is 311 g/mol. The molecule has 0 bridgehead atoms. The predicted molar refractivity (Wildman–Crippen MR) is 99.2 cm³/mol. The van der Waals surface area contributed by atoms with E-state index in [9.17, 15) is 4.39 Å². The molecule has 0 saturated carbocycles. The maximum absolute atomic E-state index is 13.3. The van der Waals surface area contributed by atoms with E-state index in [2.05, 4.69) is 51.7 Å². The van der Waals surface area contributed by atoms with Crippen molar-refractivity contribution in [2.45, 2.75) is 25.8 Å². The molecule has 0 N–H and O–H groups in total. The average Bonchev–Trinajstić information content (AvgIpc) is 3.08. The number of aromatic nitrogens is 2. The smallest absolute Gasteiger partial charge is 0.123 e.